The van der Waals surface area contributed by atoms with Crippen LogP contribution in [-0.4, -0.2) is 60.6 Å². The summed E-state index contributed by atoms with van der Waals surface area (Å²) in [5.41, 5.74) is 1.61. The number of aromatic amines is 1. The maximum atomic E-state index is 13.3. The first-order valence-corrected chi connectivity index (χ1v) is 12.0. The second-order valence-corrected chi connectivity index (χ2v) is 10.4. The van der Waals surface area contributed by atoms with Crippen molar-refractivity contribution in [2.24, 2.45) is 11.3 Å². The van der Waals surface area contributed by atoms with Crippen molar-refractivity contribution >= 4 is 11.5 Å². The lowest BCUT2D eigenvalue weighted by Crippen LogP contribution is -2.49. The number of nitrogens with one attached hydrogen (secondary N) is 1. The highest BCUT2D eigenvalue weighted by atomic mass is 19.4. The van der Waals surface area contributed by atoms with Gasteiger partial charge in [0.2, 0.25) is 0 Å². The van der Waals surface area contributed by atoms with Gasteiger partial charge in [-0.05, 0) is 36.0 Å². The number of alkyl halides is 3. The average Bonchev–Trinajstić information content (AvgIpc) is 3.26. The quantitative estimate of drug-likeness (QED) is 0.440. The fourth-order valence-electron chi connectivity index (χ4n) is 5.14. The maximum Gasteiger partial charge on any atom is 0.417 e. The van der Waals surface area contributed by atoms with E-state index in [1.165, 1.54) is 23.1 Å². The van der Waals surface area contributed by atoms with Crippen molar-refractivity contribution in [2.45, 2.75) is 32.5 Å². The minimum atomic E-state index is -4.45. The monoisotopic (exact) mass is 496 g/mol. The number of anilines is 1. The van der Waals surface area contributed by atoms with Crippen LogP contribution in [0.15, 0.2) is 49.2 Å². The van der Waals surface area contributed by atoms with Crippen molar-refractivity contribution in [2.75, 3.05) is 31.1 Å². The lowest BCUT2D eigenvalue weighted by atomic mass is 10.0. The Balaban J connectivity index is 1.28. The van der Waals surface area contributed by atoms with Crippen LogP contribution in [0, 0.1) is 11.3 Å². The molecule has 188 valence electrons. The molecule has 2 atom stereocenters. The lowest BCUT2D eigenvalue weighted by molar-refractivity contribution is -0.137. The summed E-state index contributed by atoms with van der Waals surface area (Å²) >= 11 is 0. The van der Waals surface area contributed by atoms with Crippen molar-refractivity contribution < 1.29 is 13.2 Å². The molecule has 1 aliphatic carbocycles. The average molecular weight is 497 g/mol. The molecule has 11 heteroatoms. The Morgan fingerprint density at radius 3 is 2.67 bits per heavy atom. The third kappa shape index (κ3) is 4.21. The number of hydrogen-bond donors (Lipinski definition) is 1. The van der Waals surface area contributed by atoms with Gasteiger partial charge in [0.1, 0.15) is 17.2 Å². The van der Waals surface area contributed by atoms with Crippen molar-refractivity contribution in [1.29, 1.82) is 0 Å². The first kappa shape index (κ1) is 23.0. The van der Waals surface area contributed by atoms with E-state index in [-0.39, 0.29) is 6.04 Å². The molecule has 2 unspecified atom stereocenters. The van der Waals surface area contributed by atoms with Crippen molar-refractivity contribution in [3.63, 3.8) is 0 Å². The molecular formula is C25H27F3N8. The summed E-state index contributed by atoms with van der Waals surface area (Å²) in [4.78, 5) is 18.1. The summed E-state index contributed by atoms with van der Waals surface area (Å²) in [7, 11) is 0. The molecule has 0 bridgehead atoms. The highest BCUT2D eigenvalue weighted by Crippen LogP contribution is 2.52. The summed E-state index contributed by atoms with van der Waals surface area (Å²) in [5.74, 6) is 1.77. The summed E-state index contributed by atoms with van der Waals surface area (Å²) in [6, 6.07) is 4.39. The van der Waals surface area contributed by atoms with Gasteiger partial charge in [-0.1, -0.05) is 13.8 Å². The van der Waals surface area contributed by atoms with Gasteiger partial charge in [0.15, 0.2) is 5.82 Å². The summed E-state index contributed by atoms with van der Waals surface area (Å²) in [6.07, 6.45) is 4.82. The molecule has 5 heterocycles. The number of halogens is 3. The van der Waals surface area contributed by atoms with E-state index in [0.29, 0.717) is 28.5 Å². The Morgan fingerprint density at radius 1 is 1.11 bits per heavy atom. The van der Waals surface area contributed by atoms with Gasteiger partial charge in [-0.15, -0.1) is 0 Å². The maximum absolute atomic E-state index is 13.3. The van der Waals surface area contributed by atoms with E-state index in [1.807, 2.05) is 18.5 Å². The second-order valence-electron chi connectivity index (χ2n) is 10.4. The first-order valence-electron chi connectivity index (χ1n) is 12.0. The van der Waals surface area contributed by atoms with Gasteiger partial charge in [0.05, 0.1) is 24.0 Å². The van der Waals surface area contributed by atoms with Crippen LogP contribution in [0.3, 0.4) is 0 Å². The molecule has 6 rings (SSSR count). The van der Waals surface area contributed by atoms with Crippen LogP contribution in [-0.2, 0) is 6.18 Å². The highest BCUT2D eigenvalue weighted by Gasteiger charge is 2.47. The molecule has 2 aliphatic rings. The molecule has 4 aromatic heterocycles. The van der Waals surface area contributed by atoms with Crippen molar-refractivity contribution in [3.8, 4) is 11.5 Å². The number of fused-ring (bicyclic) bond motifs is 1. The number of piperazine rings is 1. The number of imidazole rings is 1. The molecule has 1 N–H and O–H groups in total. The van der Waals surface area contributed by atoms with Gasteiger partial charge in [-0.25, -0.2) is 15.0 Å². The minimum Gasteiger partial charge on any atom is -0.353 e. The predicted molar refractivity (Wildman–Crippen MR) is 128 cm³/mol. The van der Waals surface area contributed by atoms with Gasteiger partial charge >= 0.3 is 6.18 Å². The minimum absolute atomic E-state index is 0.164. The van der Waals surface area contributed by atoms with Crippen LogP contribution in [0.25, 0.3) is 17.2 Å². The first-order chi connectivity index (χ1) is 17.2. The van der Waals surface area contributed by atoms with Crippen molar-refractivity contribution in [3.05, 3.63) is 60.3 Å². The summed E-state index contributed by atoms with van der Waals surface area (Å²) < 4.78 is 41.3. The van der Waals surface area contributed by atoms with Crippen LogP contribution in [0.1, 0.15) is 37.4 Å². The molecule has 36 heavy (non-hydrogen) atoms. The van der Waals surface area contributed by atoms with Gasteiger partial charge in [0, 0.05) is 50.3 Å². The normalized spacial score (nSPS) is 22.3. The number of hydrogen-bond acceptors (Lipinski definition) is 6. The molecule has 4 aromatic rings. The topological polar surface area (TPSA) is 78.2 Å². The molecule has 1 saturated heterocycles. The van der Waals surface area contributed by atoms with Gasteiger partial charge in [-0.3, -0.25) is 14.4 Å². The third-order valence-corrected chi connectivity index (χ3v) is 7.59. The number of H-pyrrole nitrogens is 1. The zero-order valence-electron chi connectivity index (χ0n) is 20.1. The van der Waals surface area contributed by atoms with Crippen LogP contribution in [0.2, 0.25) is 0 Å². The Morgan fingerprint density at radius 2 is 1.94 bits per heavy atom. The number of nitrogens with zero attached hydrogens (tertiary/aromatic N) is 7. The number of aromatic nitrogens is 6. The molecule has 1 aliphatic heterocycles. The number of pyridine rings is 1. The van der Waals surface area contributed by atoms with E-state index in [1.54, 1.807) is 6.20 Å². The van der Waals surface area contributed by atoms with E-state index in [2.05, 4.69) is 43.8 Å². The Bertz CT molecular complexity index is 1380. The smallest absolute Gasteiger partial charge is 0.353 e. The fourth-order valence-corrected chi connectivity index (χ4v) is 5.14. The van der Waals surface area contributed by atoms with Crippen molar-refractivity contribution in [1.82, 2.24) is 34.4 Å². The predicted octanol–water partition coefficient (Wildman–Crippen LogP) is 4.44. The summed E-state index contributed by atoms with van der Waals surface area (Å²) in [6.45, 7) is 8.10. The van der Waals surface area contributed by atoms with Crippen LogP contribution >= 0.6 is 0 Å². The van der Waals surface area contributed by atoms with E-state index in [4.69, 9.17) is 4.98 Å². The molecule has 0 amide bonds. The fraction of sp³-hybridized carbons (Fsp3) is 0.440. The van der Waals surface area contributed by atoms with E-state index >= 15 is 0 Å². The lowest BCUT2D eigenvalue weighted by Gasteiger charge is -2.42. The van der Waals surface area contributed by atoms with Gasteiger partial charge < -0.3 is 4.90 Å². The third-order valence-electron chi connectivity index (χ3n) is 7.59. The van der Waals surface area contributed by atoms with Gasteiger partial charge in [-0.2, -0.15) is 18.3 Å². The molecule has 0 aromatic carbocycles. The van der Waals surface area contributed by atoms with E-state index in [9.17, 15) is 13.2 Å². The molecule has 8 nitrogen and oxygen atoms in total. The Labute approximate surface area is 206 Å². The van der Waals surface area contributed by atoms with Crippen LogP contribution in [0.5, 0.6) is 0 Å². The summed E-state index contributed by atoms with van der Waals surface area (Å²) in [5, 5.41) is 7.11. The van der Waals surface area contributed by atoms with Gasteiger partial charge in [0.25, 0.3) is 0 Å². The van der Waals surface area contributed by atoms with Crippen LogP contribution < -0.4 is 4.90 Å². The molecule has 0 radical (unpaired) electrons. The second kappa shape index (κ2) is 8.29. The number of rotatable bonds is 5. The Hall–Kier alpha value is -3.47. The van der Waals surface area contributed by atoms with E-state index in [0.717, 1.165) is 49.8 Å². The molecule has 2 fully saturated rings. The van der Waals surface area contributed by atoms with E-state index < -0.39 is 11.7 Å². The molecule has 1 saturated carbocycles. The highest BCUT2D eigenvalue weighted by molar-refractivity contribution is 5.59. The standard InChI is InChI=1S/C25H27F3N8/c1-24(2)9-18(24)13-34-7-8-35(15-20(34)16-10-31-32-11-16)22-5-6-29-23(33-22)19-12-30-21-4-3-17(14-36(19)21)25(26,27)28/h3-6,10-12,14,18,20H,7-9,13,15H2,1-2H3,(H,31,32). The Kier molecular flexibility index (Phi) is 5.29. The molecule has 0 spiro atoms. The largest absolute Gasteiger partial charge is 0.417 e. The SMILES string of the molecule is CC1(C)CC1CN1CCN(c2ccnc(-c3cnc4ccc(C(F)(F)F)cn34)n2)CC1c1cn[nH]c1. The zero-order valence-corrected chi connectivity index (χ0v) is 20.1. The zero-order chi connectivity index (χ0) is 25.1. The molecular weight excluding hydrogens is 469 g/mol. The van der Waals surface area contributed by atoms with Crippen LogP contribution in [0.4, 0.5) is 19.0 Å².